The number of methoxy groups -OCH3 is 1. The summed E-state index contributed by atoms with van der Waals surface area (Å²) in [6.45, 7) is 28.2. The highest BCUT2D eigenvalue weighted by atomic mass is 16.8. The van der Waals surface area contributed by atoms with Crippen LogP contribution in [-0.4, -0.2) is 104 Å². The molecule has 0 aromatic rings. The number of hydrogen-bond acceptors (Lipinski definition) is 12. The summed E-state index contributed by atoms with van der Waals surface area (Å²) in [7, 11) is 1.35. The Bertz CT molecular complexity index is 628. The Morgan fingerprint density at radius 3 is 1.29 bits per heavy atom. The van der Waals surface area contributed by atoms with Crippen LogP contribution in [0.2, 0.25) is 0 Å². The molecular formula is C37H76O12. The van der Waals surface area contributed by atoms with Crippen molar-refractivity contribution < 1.29 is 58.6 Å². The van der Waals surface area contributed by atoms with Gasteiger partial charge in [-0.2, -0.15) is 0 Å². The summed E-state index contributed by atoms with van der Waals surface area (Å²) in [4.78, 5) is 40.4. The average Bonchev–Trinajstić information content (AvgIpc) is 3.46. The number of hydrogen-bond donors (Lipinski definition) is 4. The molecule has 0 radical (unpaired) electrons. The molecule has 1 aliphatic heterocycles. The Kier molecular flexibility index (Phi) is 93.9. The maximum Gasteiger partial charge on any atom is 0.508 e. The van der Waals surface area contributed by atoms with Gasteiger partial charge in [-0.3, -0.25) is 9.59 Å². The van der Waals surface area contributed by atoms with E-state index in [9.17, 15) is 19.2 Å². The molecule has 1 saturated carbocycles. The van der Waals surface area contributed by atoms with E-state index in [4.69, 9.17) is 25.2 Å². The molecule has 49 heavy (non-hydrogen) atoms. The number of cyclic esters (lactones) is 2. The first-order valence-electron chi connectivity index (χ1n) is 16.8. The fourth-order valence-electron chi connectivity index (χ4n) is 2.19. The van der Waals surface area contributed by atoms with Crippen molar-refractivity contribution in [3.8, 4) is 0 Å². The van der Waals surface area contributed by atoms with E-state index >= 15 is 0 Å². The third-order valence-electron chi connectivity index (χ3n) is 4.17. The first-order chi connectivity index (χ1) is 23.2. The molecular weight excluding hydrogens is 636 g/mol. The van der Waals surface area contributed by atoms with Crippen LogP contribution < -0.4 is 0 Å². The molecule has 2 fully saturated rings. The SMILES string of the molecule is C=CC.C=CC.C=CC.CC1COC(=O)O1.CCCCCC(C)=O.CCOCC.COC(C)=O.O=C1CCCCC1.OCCO.OCCO. The van der Waals surface area contributed by atoms with E-state index in [2.05, 4.69) is 40.9 Å². The van der Waals surface area contributed by atoms with Crippen molar-refractivity contribution in [3.63, 3.8) is 0 Å². The van der Waals surface area contributed by atoms with E-state index in [-0.39, 0.29) is 38.5 Å². The molecule has 4 N–H and O–H groups in total. The quantitative estimate of drug-likeness (QED) is 0.115. The maximum atomic E-state index is 10.5. The molecule has 1 saturated heterocycles. The Balaban J connectivity index is -0.0000000649. The molecule has 0 amide bonds. The molecule has 0 bridgehead atoms. The highest BCUT2D eigenvalue weighted by Crippen LogP contribution is 2.12. The Labute approximate surface area is 299 Å². The number of allylic oxidation sites excluding steroid dienone is 3. The van der Waals surface area contributed by atoms with E-state index < -0.39 is 6.16 Å². The van der Waals surface area contributed by atoms with Gasteiger partial charge in [0.1, 0.15) is 24.3 Å². The molecule has 2 aliphatic rings. The first-order valence-corrected chi connectivity index (χ1v) is 16.8. The normalized spacial score (nSPS) is 12.5. The molecule has 0 aromatic carbocycles. The molecule has 1 unspecified atom stereocenters. The fraction of sp³-hybridized carbons (Fsp3) is 0.730. The van der Waals surface area contributed by atoms with Gasteiger partial charge in [0, 0.05) is 39.4 Å². The van der Waals surface area contributed by atoms with Crippen molar-refractivity contribution in [2.45, 2.75) is 126 Å². The lowest BCUT2D eigenvalue weighted by atomic mass is 10.00. The lowest BCUT2D eigenvalue weighted by molar-refractivity contribution is -0.138. The largest absolute Gasteiger partial charge is 0.508 e. The van der Waals surface area contributed by atoms with Crippen LogP contribution in [0, 0.1) is 0 Å². The van der Waals surface area contributed by atoms with Crippen LogP contribution in [0.1, 0.15) is 120 Å². The zero-order chi connectivity index (χ0) is 40.2. The van der Waals surface area contributed by atoms with Gasteiger partial charge in [-0.05, 0) is 67.7 Å². The zero-order valence-electron chi connectivity index (χ0n) is 32.8. The number of esters is 1. The Morgan fingerprint density at radius 2 is 1.16 bits per heavy atom. The monoisotopic (exact) mass is 713 g/mol. The van der Waals surface area contributed by atoms with Gasteiger partial charge in [-0.1, -0.05) is 44.4 Å². The number of carbonyl (C=O) groups excluding carboxylic acids is 4. The summed E-state index contributed by atoms with van der Waals surface area (Å²) in [5.74, 6) is 0.537. The standard InChI is InChI=1S/C7H14O.C6H10O.C4H6O3.C4H10O.C3H6O2.3C3H6.2C2H6O2/c1-3-4-5-6-7(2)8;7-6-4-2-1-3-5-6;1-3-2-6-4(5)7-3;1-3-5-4-2;1-3(4)5-2;3*1-3-2;2*3-1-2-4/h3-6H2,1-2H3;1-5H2;3H,2H2,1H3;3-4H2,1-2H3;1-2H3;3*3H,1H2,2H3;2*3-4H,1-2H2. The maximum absolute atomic E-state index is 10.5. The second-order valence-electron chi connectivity index (χ2n) is 9.34. The number of ether oxygens (including phenoxy) is 4. The third kappa shape index (κ3) is 133. The summed E-state index contributed by atoms with van der Waals surface area (Å²) in [6.07, 6.45) is 14.1. The summed E-state index contributed by atoms with van der Waals surface area (Å²) in [5.41, 5.74) is 0. The number of aliphatic hydroxyl groups is 4. The van der Waals surface area contributed by atoms with Gasteiger partial charge in [0.05, 0.1) is 33.5 Å². The first kappa shape index (κ1) is 64.6. The second kappa shape index (κ2) is 71.2. The molecule has 1 atom stereocenters. The van der Waals surface area contributed by atoms with Crippen molar-refractivity contribution in [2.24, 2.45) is 0 Å². The van der Waals surface area contributed by atoms with Gasteiger partial charge in [0.2, 0.25) is 0 Å². The minimum absolute atomic E-state index is 0.0486. The number of ketones is 2. The van der Waals surface area contributed by atoms with E-state index in [1.54, 1.807) is 32.1 Å². The van der Waals surface area contributed by atoms with Crippen LogP contribution in [0.5, 0.6) is 0 Å². The van der Waals surface area contributed by atoms with Crippen LogP contribution in [0.25, 0.3) is 0 Å². The fourth-order valence-corrected chi connectivity index (χ4v) is 2.19. The number of unbranched alkanes of at least 4 members (excludes halogenated alkanes) is 2. The highest BCUT2D eigenvalue weighted by molar-refractivity contribution is 5.78. The van der Waals surface area contributed by atoms with Gasteiger partial charge in [0.15, 0.2) is 0 Å². The van der Waals surface area contributed by atoms with Crippen molar-refractivity contribution in [1.29, 1.82) is 0 Å². The molecule has 12 nitrogen and oxygen atoms in total. The van der Waals surface area contributed by atoms with Crippen LogP contribution >= 0.6 is 0 Å². The molecule has 0 aromatic heterocycles. The average molecular weight is 713 g/mol. The minimum Gasteiger partial charge on any atom is -0.469 e. The number of Topliss-reactive ketones (excluding diaryl/α,β-unsaturated/α-hetero) is 2. The molecule has 1 heterocycles. The van der Waals surface area contributed by atoms with Crippen LogP contribution in [-0.2, 0) is 33.3 Å². The summed E-state index contributed by atoms with van der Waals surface area (Å²) in [5, 5.41) is 30.5. The topological polar surface area (TPSA) is 186 Å². The van der Waals surface area contributed by atoms with Crippen LogP contribution in [0.15, 0.2) is 38.0 Å². The second-order valence-corrected chi connectivity index (χ2v) is 9.34. The molecule has 1 aliphatic carbocycles. The van der Waals surface area contributed by atoms with Gasteiger partial charge < -0.3 is 44.2 Å². The molecule has 12 heteroatoms. The summed E-state index contributed by atoms with van der Waals surface area (Å²) >= 11 is 0. The Hall–Kier alpha value is -2.90. The smallest absolute Gasteiger partial charge is 0.469 e. The number of aliphatic hydroxyl groups excluding tert-OH is 4. The van der Waals surface area contributed by atoms with Gasteiger partial charge >= 0.3 is 12.1 Å². The molecule has 2 rings (SSSR count). The van der Waals surface area contributed by atoms with Gasteiger partial charge in [-0.25, -0.2) is 4.79 Å². The third-order valence-corrected chi connectivity index (χ3v) is 4.17. The van der Waals surface area contributed by atoms with E-state index in [0.717, 1.165) is 51.7 Å². The zero-order valence-corrected chi connectivity index (χ0v) is 32.8. The van der Waals surface area contributed by atoms with Crippen molar-refractivity contribution in [1.82, 2.24) is 0 Å². The van der Waals surface area contributed by atoms with Crippen LogP contribution in [0.3, 0.4) is 0 Å². The summed E-state index contributed by atoms with van der Waals surface area (Å²) in [6, 6.07) is 0. The van der Waals surface area contributed by atoms with Crippen molar-refractivity contribution >= 4 is 23.7 Å². The van der Waals surface area contributed by atoms with Gasteiger partial charge in [0.25, 0.3) is 0 Å². The Morgan fingerprint density at radius 1 is 0.796 bits per heavy atom. The lowest BCUT2D eigenvalue weighted by Gasteiger charge is -2.05. The molecule has 296 valence electrons. The number of rotatable bonds is 8. The predicted molar refractivity (Wildman–Crippen MR) is 201 cm³/mol. The molecule has 0 spiro atoms. The van der Waals surface area contributed by atoms with Crippen molar-refractivity contribution in [3.05, 3.63) is 38.0 Å². The number of carbonyl (C=O) groups is 4. The van der Waals surface area contributed by atoms with Crippen LogP contribution in [0.4, 0.5) is 4.79 Å². The predicted octanol–water partition coefficient (Wildman–Crippen LogP) is 6.96. The van der Waals surface area contributed by atoms with Gasteiger partial charge in [-0.15, -0.1) is 19.7 Å². The lowest BCUT2D eigenvalue weighted by Crippen LogP contribution is -2.02. The highest BCUT2D eigenvalue weighted by Gasteiger charge is 2.19. The van der Waals surface area contributed by atoms with E-state index in [1.807, 2.05) is 34.6 Å². The summed E-state index contributed by atoms with van der Waals surface area (Å²) < 4.78 is 17.8. The van der Waals surface area contributed by atoms with Crippen molar-refractivity contribution in [2.75, 3.05) is 53.4 Å². The van der Waals surface area contributed by atoms with E-state index in [0.29, 0.717) is 18.2 Å². The minimum atomic E-state index is -0.549. The van der Waals surface area contributed by atoms with E-state index in [1.165, 1.54) is 33.3 Å².